The molecule has 1 saturated heterocycles. The van der Waals surface area contributed by atoms with Gasteiger partial charge in [-0.15, -0.1) is 24.8 Å². The van der Waals surface area contributed by atoms with E-state index < -0.39 is 5.54 Å². The van der Waals surface area contributed by atoms with E-state index in [0.717, 1.165) is 25.7 Å². The van der Waals surface area contributed by atoms with Crippen LogP contribution in [-0.4, -0.2) is 47.4 Å². The van der Waals surface area contributed by atoms with Gasteiger partial charge in [-0.1, -0.05) is 30.5 Å². The molecule has 4 nitrogen and oxygen atoms in total. The Morgan fingerprint density at radius 2 is 1.76 bits per heavy atom. The molecule has 1 aliphatic heterocycles. The van der Waals surface area contributed by atoms with Crippen LogP contribution in [0.3, 0.4) is 0 Å². The maximum absolute atomic E-state index is 13.9. The summed E-state index contributed by atoms with van der Waals surface area (Å²) in [5.41, 5.74) is 6.13. The van der Waals surface area contributed by atoms with Crippen molar-refractivity contribution in [2.75, 3.05) is 26.2 Å². The van der Waals surface area contributed by atoms with Crippen molar-refractivity contribution in [1.29, 1.82) is 0 Å². The predicted molar refractivity (Wildman–Crippen MR) is 103 cm³/mol. The number of carbonyl (C=O) groups excluding carboxylic acids is 1. The number of benzene rings is 1. The van der Waals surface area contributed by atoms with Crippen molar-refractivity contribution < 1.29 is 9.18 Å². The lowest BCUT2D eigenvalue weighted by Crippen LogP contribution is -2.58. The molecule has 0 bridgehead atoms. The van der Waals surface area contributed by atoms with Crippen molar-refractivity contribution in [3.05, 3.63) is 34.6 Å². The number of hydrogen-bond donors (Lipinski definition) is 1. The smallest absolute Gasteiger partial charge is 0.242 e. The molecule has 3 rings (SSSR count). The maximum atomic E-state index is 13.9. The number of rotatable bonds is 3. The lowest BCUT2D eigenvalue weighted by atomic mass is 9.97. The summed E-state index contributed by atoms with van der Waals surface area (Å²) in [7, 11) is 0. The van der Waals surface area contributed by atoms with E-state index >= 15 is 0 Å². The van der Waals surface area contributed by atoms with Gasteiger partial charge in [0.05, 0.1) is 5.54 Å². The second-order valence-electron chi connectivity index (χ2n) is 6.63. The van der Waals surface area contributed by atoms with Gasteiger partial charge in [0.2, 0.25) is 5.91 Å². The summed E-state index contributed by atoms with van der Waals surface area (Å²) in [6.07, 6.45) is 3.65. The van der Waals surface area contributed by atoms with Gasteiger partial charge in [0.25, 0.3) is 0 Å². The third-order valence-electron chi connectivity index (χ3n) is 5.02. The van der Waals surface area contributed by atoms with Crippen molar-refractivity contribution in [1.82, 2.24) is 9.80 Å². The van der Waals surface area contributed by atoms with E-state index in [4.69, 9.17) is 17.3 Å². The molecule has 0 aromatic heterocycles. The van der Waals surface area contributed by atoms with Gasteiger partial charge in [-0.2, -0.15) is 0 Å². The fourth-order valence-corrected chi connectivity index (χ4v) is 3.77. The molecule has 142 valence electrons. The Morgan fingerprint density at radius 3 is 2.32 bits per heavy atom. The fourth-order valence-electron chi connectivity index (χ4n) is 3.55. The van der Waals surface area contributed by atoms with Crippen molar-refractivity contribution in [2.45, 2.75) is 37.8 Å². The highest BCUT2D eigenvalue weighted by atomic mass is 35.5. The van der Waals surface area contributed by atoms with Crippen LogP contribution >= 0.6 is 36.4 Å². The topological polar surface area (TPSA) is 49.6 Å². The number of carbonyl (C=O) groups is 1. The molecule has 1 heterocycles. The Morgan fingerprint density at radius 1 is 1.16 bits per heavy atom. The van der Waals surface area contributed by atoms with Gasteiger partial charge in [0, 0.05) is 43.3 Å². The lowest BCUT2D eigenvalue weighted by molar-refractivity contribution is -0.138. The molecule has 1 saturated carbocycles. The van der Waals surface area contributed by atoms with Crippen LogP contribution in [0.5, 0.6) is 0 Å². The normalized spacial score (nSPS) is 19.9. The zero-order valence-electron chi connectivity index (χ0n) is 14.0. The Bertz CT molecular complexity index is 568. The quantitative estimate of drug-likeness (QED) is 0.829. The first-order valence-corrected chi connectivity index (χ1v) is 8.61. The minimum atomic E-state index is -0.656. The molecule has 8 heteroatoms. The van der Waals surface area contributed by atoms with Crippen molar-refractivity contribution in [3.8, 4) is 0 Å². The van der Waals surface area contributed by atoms with Gasteiger partial charge in [0.1, 0.15) is 5.82 Å². The number of nitrogens with two attached hydrogens (primary N) is 1. The zero-order chi connectivity index (χ0) is 16.4. The summed E-state index contributed by atoms with van der Waals surface area (Å²) in [4.78, 5) is 16.6. The van der Waals surface area contributed by atoms with Crippen LogP contribution in [0.15, 0.2) is 18.2 Å². The lowest BCUT2D eigenvalue weighted by Gasteiger charge is -2.38. The number of halogens is 4. The highest BCUT2D eigenvalue weighted by Crippen LogP contribution is 2.29. The predicted octanol–water partition coefficient (Wildman–Crippen LogP) is 3.24. The van der Waals surface area contributed by atoms with E-state index in [9.17, 15) is 9.18 Å². The summed E-state index contributed by atoms with van der Waals surface area (Å²) >= 11 is 6.08. The van der Waals surface area contributed by atoms with Crippen molar-refractivity contribution >= 4 is 42.3 Å². The second kappa shape index (κ2) is 9.38. The molecule has 0 spiro atoms. The Kier molecular flexibility index (Phi) is 8.42. The van der Waals surface area contributed by atoms with Gasteiger partial charge >= 0.3 is 0 Å². The van der Waals surface area contributed by atoms with E-state index in [0.29, 0.717) is 43.3 Å². The molecular formula is C17H25Cl3FN3O. The van der Waals surface area contributed by atoms with Gasteiger partial charge in [-0.25, -0.2) is 4.39 Å². The summed E-state index contributed by atoms with van der Waals surface area (Å²) in [6.45, 7) is 3.19. The van der Waals surface area contributed by atoms with Gasteiger partial charge in [-0.05, 0) is 25.0 Å². The first kappa shape index (κ1) is 22.5. The SMILES string of the molecule is Cl.Cl.NC1(C(=O)N2CCN(Cc3c(F)cccc3Cl)CC2)CCCC1. The van der Waals surface area contributed by atoms with Crippen molar-refractivity contribution in [3.63, 3.8) is 0 Å². The molecule has 0 unspecified atom stereocenters. The molecule has 1 aromatic rings. The van der Waals surface area contributed by atoms with E-state index in [1.807, 2.05) is 4.90 Å². The van der Waals surface area contributed by atoms with E-state index in [-0.39, 0.29) is 36.5 Å². The highest BCUT2D eigenvalue weighted by molar-refractivity contribution is 6.31. The van der Waals surface area contributed by atoms with Crippen LogP contribution in [0.4, 0.5) is 4.39 Å². The van der Waals surface area contributed by atoms with Crippen LogP contribution in [0.25, 0.3) is 0 Å². The Hall–Kier alpha value is -0.590. The van der Waals surface area contributed by atoms with Crippen LogP contribution < -0.4 is 5.73 Å². The molecule has 2 N–H and O–H groups in total. The molecular weight excluding hydrogens is 388 g/mol. The number of piperazine rings is 1. The molecule has 2 aliphatic rings. The monoisotopic (exact) mass is 411 g/mol. The van der Waals surface area contributed by atoms with Crippen molar-refractivity contribution in [2.24, 2.45) is 5.73 Å². The zero-order valence-corrected chi connectivity index (χ0v) is 16.4. The number of hydrogen-bond acceptors (Lipinski definition) is 3. The maximum Gasteiger partial charge on any atom is 0.242 e. The average Bonchev–Trinajstić information content (AvgIpc) is 2.99. The molecule has 0 atom stereocenters. The molecule has 25 heavy (non-hydrogen) atoms. The molecule has 0 radical (unpaired) electrons. The first-order chi connectivity index (χ1) is 11.0. The first-order valence-electron chi connectivity index (χ1n) is 8.23. The third kappa shape index (κ3) is 4.98. The molecule has 1 amide bonds. The van der Waals surface area contributed by atoms with Gasteiger partial charge in [0.15, 0.2) is 0 Å². The number of nitrogens with zero attached hydrogens (tertiary/aromatic N) is 2. The van der Waals surface area contributed by atoms with Crippen LogP contribution in [0, 0.1) is 5.82 Å². The minimum absolute atomic E-state index is 0. The van der Waals surface area contributed by atoms with E-state index in [1.54, 1.807) is 12.1 Å². The number of amides is 1. The van der Waals surface area contributed by atoms with Gasteiger partial charge in [-0.3, -0.25) is 9.69 Å². The molecule has 1 aliphatic carbocycles. The molecule has 1 aromatic carbocycles. The van der Waals surface area contributed by atoms with E-state index in [2.05, 4.69) is 4.90 Å². The summed E-state index contributed by atoms with van der Waals surface area (Å²) in [5.74, 6) is -0.193. The third-order valence-corrected chi connectivity index (χ3v) is 5.38. The molecule has 2 fully saturated rings. The standard InChI is InChI=1S/C17H23ClFN3O.2ClH/c18-14-4-3-5-15(19)13(14)12-21-8-10-22(11-9-21)16(23)17(20)6-1-2-7-17;;/h3-5H,1-2,6-12,20H2;2*1H. The minimum Gasteiger partial charge on any atom is -0.339 e. The van der Waals surface area contributed by atoms with Crippen LogP contribution in [0.2, 0.25) is 5.02 Å². The van der Waals surface area contributed by atoms with Gasteiger partial charge < -0.3 is 10.6 Å². The Balaban J connectivity index is 0.00000156. The van der Waals surface area contributed by atoms with E-state index in [1.165, 1.54) is 6.07 Å². The largest absolute Gasteiger partial charge is 0.339 e. The van der Waals surface area contributed by atoms with Crippen LogP contribution in [0.1, 0.15) is 31.2 Å². The summed E-state index contributed by atoms with van der Waals surface area (Å²) < 4.78 is 13.9. The fraction of sp³-hybridized carbons (Fsp3) is 0.588. The summed E-state index contributed by atoms with van der Waals surface area (Å²) in [6, 6.07) is 4.75. The average molecular weight is 413 g/mol. The second-order valence-corrected chi connectivity index (χ2v) is 7.04. The van der Waals surface area contributed by atoms with Crippen LogP contribution in [-0.2, 0) is 11.3 Å². The Labute approximate surface area is 165 Å². The summed E-state index contributed by atoms with van der Waals surface area (Å²) in [5, 5.41) is 0.454. The highest BCUT2D eigenvalue weighted by Gasteiger charge is 2.40.